The number of hydrogen-bond acceptors (Lipinski definition) is 3. The van der Waals surface area contributed by atoms with Crippen LogP contribution in [0.4, 0.5) is 13.2 Å². The molecule has 3 rings (SSSR count). The molecular weight excluding hydrogens is 381 g/mol. The van der Waals surface area contributed by atoms with Crippen LogP contribution in [0.15, 0.2) is 48.5 Å². The van der Waals surface area contributed by atoms with Crippen LogP contribution in [0.3, 0.4) is 0 Å². The molecule has 2 aromatic carbocycles. The molecule has 0 aromatic heterocycles. The number of alkyl halides is 3. The second kappa shape index (κ2) is 9.01. The molecule has 4 nitrogen and oxygen atoms in total. The first-order valence-corrected chi connectivity index (χ1v) is 9.18. The quantitative estimate of drug-likeness (QED) is 0.738. The number of benzene rings is 2. The SMILES string of the molecule is COc1ccc(CN2CCN(C(=O)C#Cc3ccc(C(F)(F)F)cc3)CC2)cc1. The predicted molar refractivity (Wildman–Crippen MR) is 103 cm³/mol. The van der Waals surface area contributed by atoms with Crippen LogP contribution in [0.5, 0.6) is 5.75 Å². The Hall–Kier alpha value is -2.98. The number of carbonyl (C=O) groups is 1. The standard InChI is InChI=1S/C22H21F3N2O2/c1-29-20-9-4-18(5-10-20)16-26-12-14-27(15-13-26)21(28)11-6-17-2-7-19(8-3-17)22(23,24)25/h2-5,7-10H,12-16H2,1H3. The summed E-state index contributed by atoms with van der Waals surface area (Å²) in [6.07, 6.45) is -4.38. The summed E-state index contributed by atoms with van der Waals surface area (Å²) in [5, 5.41) is 0. The zero-order valence-electron chi connectivity index (χ0n) is 16.0. The Labute approximate surface area is 167 Å². The van der Waals surface area contributed by atoms with Gasteiger partial charge in [-0.15, -0.1) is 0 Å². The highest BCUT2D eigenvalue weighted by atomic mass is 19.4. The van der Waals surface area contributed by atoms with E-state index in [4.69, 9.17) is 4.74 Å². The van der Waals surface area contributed by atoms with Crippen LogP contribution in [-0.2, 0) is 17.5 Å². The van der Waals surface area contributed by atoms with Crippen molar-refractivity contribution in [3.05, 3.63) is 65.2 Å². The Morgan fingerprint density at radius 3 is 2.17 bits per heavy atom. The van der Waals surface area contributed by atoms with E-state index < -0.39 is 11.7 Å². The van der Waals surface area contributed by atoms with Gasteiger partial charge in [0, 0.05) is 44.2 Å². The van der Waals surface area contributed by atoms with Gasteiger partial charge in [-0.05, 0) is 42.0 Å². The Morgan fingerprint density at radius 1 is 1.00 bits per heavy atom. The fraction of sp³-hybridized carbons (Fsp3) is 0.318. The predicted octanol–water partition coefficient (Wildman–Crippen LogP) is 3.41. The normalized spacial score (nSPS) is 14.8. The lowest BCUT2D eigenvalue weighted by Gasteiger charge is -2.33. The van der Waals surface area contributed by atoms with Crippen molar-refractivity contribution in [2.75, 3.05) is 33.3 Å². The fourth-order valence-electron chi connectivity index (χ4n) is 3.05. The van der Waals surface area contributed by atoms with Gasteiger partial charge in [-0.3, -0.25) is 9.69 Å². The maximum absolute atomic E-state index is 12.6. The topological polar surface area (TPSA) is 32.8 Å². The number of carbonyl (C=O) groups excluding carboxylic acids is 1. The van der Waals surface area contributed by atoms with Crippen molar-refractivity contribution >= 4 is 5.91 Å². The maximum Gasteiger partial charge on any atom is 0.416 e. The molecule has 0 N–H and O–H groups in total. The number of ether oxygens (including phenoxy) is 1. The zero-order valence-corrected chi connectivity index (χ0v) is 16.0. The van der Waals surface area contributed by atoms with Gasteiger partial charge in [-0.2, -0.15) is 13.2 Å². The van der Waals surface area contributed by atoms with E-state index >= 15 is 0 Å². The molecule has 0 bridgehead atoms. The summed E-state index contributed by atoms with van der Waals surface area (Å²) < 4.78 is 42.9. The number of nitrogens with zero attached hydrogens (tertiary/aromatic N) is 2. The third-order valence-corrected chi connectivity index (χ3v) is 4.75. The number of amides is 1. The molecule has 29 heavy (non-hydrogen) atoms. The molecular formula is C22H21F3N2O2. The molecule has 0 saturated carbocycles. The Kier molecular flexibility index (Phi) is 6.45. The molecule has 1 aliphatic rings. The van der Waals surface area contributed by atoms with Gasteiger partial charge in [0.15, 0.2) is 0 Å². The first-order valence-electron chi connectivity index (χ1n) is 9.18. The van der Waals surface area contributed by atoms with Crippen molar-refractivity contribution in [2.24, 2.45) is 0 Å². The van der Waals surface area contributed by atoms with Crippen LogP contribution in [-0.4, -0.2) is 49.0 Å². The van der Waals surface area contributed by atoms with Crippen LogP contribution < -0.4 is 4.74 Å². The van der Waals surface area contributed by atoms with E-state index in [1.54, 1.807) is 12.0 Å². The van der Waals surface area contributed by atoms with Gasteiger partial charge >= 0.3 is 6.18 Å². The number of rotatable bonds is 3. The third-order valence-electron chi connectivity index (χ3n) is 4.75. The lowest BCUT2D eigenvalue weighted by Crippen LogP contribution is -2.47. The van der Waals surface area contributed by atoms with Gasteiger partial charge in [0.25, 0.3) is 5.91 Å². The van der Waals surface area contributed by atoms with Crippen molar-refractivity contribution in [3.63, 3.8) is 0 Å². The van der Waals surface area contributed by atoms with E-state index in [-0.39, 0.29) is 5.91 Å². The Balaban J connectivity index is 1.50. The van der Waals surface area contributed by atoms with Crippen LogP contribution in [0, 0.1) is 11.8 Å². The van der Waals surface area contributed by atoms with Crippen molar-refractivity contribution in [3.8, 4) is 17.6 Å². The lowest BCUT2D eigenvalue weighted by molar-refractivity contribution is -0.137. The van der Waals surface area contributed by atoms with E-state index in [1.165, 1.54) is 17.7 Å². The molecule has 0 atom stereocenters. The van der Waals surface area contributed by atoms with Gasteiger partial charge < -0.3 is 9.64 Å². The number of halogens is 3. The molecule has 1 saturated heterocycles. The lowest BCUT2D eigenvalue weighted by atomic mass is 10.1. The van der Waals surface area contributed by atoms with Gasteiger partial charge in [0.2, 0.25) is 0 Å². The summed E-state index contributed by atoms with van der Waals surface area (Å²) in [5.41, 5.74) is 0.819. The zero-order chi connectivity index (χ0) is 20.9. The number of methoxy groups -OCH3 is 1. The summed E-state index contributed by atoms with van der Waals surface area (Å²) >= 11 is 0. The van der Waals surface area contributed by atoms with Crippen LogP contribution in [0.2, 0.25) is 0 Å². The molecule has 7 heteroatoms. The largest absolute Gasteiger partial charge is 0.497 e. The van der Waals surface area contributed by atoms with E-state index in [9.17, 15) is 18.0 Å². The smallest absolute Gasteiger partial charge is 0.416 e. The first-order chi connectivity index (χ1) is 13.8. The number of hydrogen-bond donors (Lipinski definition) is 0. The molecule has 0 radical (unpaired) electrons. The van der Waals surface area contributed by atoms with Gasteiger partial charge in [0.1, 0.15) is 5.75 Å². The van der Waals surface area contributed by atoms with Gasteiger partial charge in [-0.1, -0.05) is 18.1 Å². The van der Waals surface area contributed by atoms with E-state index in [2.05, 4.69) is 16.7 Å². The molecule has 0 spiro atoms. The molecule has 1 heterocycles. The Morgan fingerprint density at radius 2 is 1.62 bits per heavy atom. The summed E-state index contributed by atoms with van der Waals surface area (Å²) in [6, 6.07) is 12.4. The third kappa shape index (κ3) is 5.75. The molecule has 1 aliphatic heterocycles. The summed E-state index contributed by atoms with van der Waals surface area (Å²) in [6.45, 7) is 3.40. The minimum atomic E-state index is -4.38. The molecule has 1 fully saturated rings. The molecule has 0 aliphatic carbocycles. The number of piperazine rings is 1. The second-order valence-electron chi connectivity index (χ2n) is 6.74. The van der Waals surface area contributed by atoms with Crippen LogP contribution in [0.1, 0.15) is 16.7 Å². The van der Waals surface area contributed by atoms with Crippen molar-refractivity contribution in [2.45, 2.75) is 12.7 Å². The minimum Gasteiger partial charge on any atom is -0.497 e. The minimum absolute atomic E-state index is 0.311. The summed E-state index contributed by atoms with van der Waals surface area (Å²) in [7, 11) is 1.63. The fourth-order valence-corrected chi connectivity index (χ4v) is 3.05. The highest BCUT2D eigenvalue weighted by molar-refractivity contribution is 5.94. The second-order valence-corrected chi connectivity index (χ2v) is 6.74. The highest BCUT2D eigenvalue weighted by Crippen LogP contribution is 2.28. The average molecular weight is 402 g/mol. The first kappa shape index (κ1) is 20.7. The van der Waals surface area contributed by atoms with Crippen molar-refractivity contribution < 1.29 is 22.7 Å². The average Bonchev–Trinajstić information content (AvgIpc) is 2.73. The van der Waals surface area contributed by atoms with E-state index in [0.717, 1.165) is 37.5 Å². The van der Waals surface area contributed by atoms with E-state index in [0.29, 0.717) is 18.7 Å². The molecule has 152 valence electrons. The van der Waals surface area contributed by atoms with Gasteiger partial charge in [0.05, 0.1) is 12.7 Å². The van der Waals surface area contributed by atoms with Crippen molar-refractivity contribution in [1.82, 2.24) is 9.80 Å². The van der Waals surface area contributed by atoms with E-state index in [1.807, 2.05) is 24.3 Å². The molecule has 1 amide bonds. The Bertz CT molecular complexity index is 889. The van der Waals surface area contributed by atoms with Crippen LogP contribution >= 0.6 is 0 Å². The summed E-state index contributed by atoms with van der Waals surface area (Å²) in [4.78, 5) is 16.2. The maximum atomic E-state index is 12.6. The molecule has 0 unspecified atom stereocenters. The summed E-state index contributed by atoms with van der Waals surface area (Å²) in [5.74, 6) is 5.68. The highest BCUT2D eigenvalue weighted by Gasteiger charge is 2.29. The monoisotopic (exact) mass is 402 g/mol. The van der Waals surface area contributed by atoms with Crippen molar-refractivity contribution in [1.29, 1.82) is 0 Å². The van der Waals surface area contributed by atoms with Crippen LogP contribution in [0.25, 0.3) is 0 Å². The van der Waals surface area contributed by atoms with Gasteiger partial charge in [-0.25, -0.2) is 0 Å². The molecule has 2 aromatic rings.